The maximum atomic E-state index is 11.8. The second kappa shape index (κ2) is 7.02. The predicted molar refractivity (Wildman–Crippen MR) is 76.5 cm³/mol. The quantitative estimate of drug-likeness (QED) is 0.464. The van der Waals surface area contributed by atoms with Crippen LogP contribution in [-0.4, -0.2) is 32.2 Å². The van der Waals surface area contributed by atoms with Gasteiger partial charge in [0.25, 0.3) is 5.69 Å². The van der Waals surface area contributed by atoms with Gasteiger partial charge < -0.3 is 4.74 Å². The zero-order valence-electron chi connectivity index (χ0n) is 11.7. The highest BCUT2D eigenvalue weighted by Crippen LogP contribution is 2.26. The molecule has 0 spiro atoms. The third-order valence-corrected chi connectivity index (χ3v) is 3.99. The molecule has 0 saturated carbocycles. The molecule has 116 valence electrons. The second-order valence-electron chi connectivity index (χ2n) is 4.38. The van der Waals surface area contributed by atoms with Crippen LogP contribution in [0, 0.1) is 17.0 Å². The van der Waals surface area contributed by atoms with Gasteiger partial charge in [-0.15, -0.1) is 0 Å². The normalized spacial score (nSPS) is 11.0. The first-order valence-electron chi connectivity index (χ1n) is 6.07. The van der Waals surface area contributed by atoms with Gasteiger partial charge in [0.15, 0.2) is 0 Å². The van der Waals surface area contributed by atoms with Crippen molar-refractivity contribution in [3.8, 4) is 0 Å². The van der Waals surface area contributed by atoms with Crippen LogP contribution in [0.4, 0.5) is 11.4 Å². The number of sulfonamides is 1. The smallest absolute Gasteiger partial charge is 0.305 e. The number of nitro groups is 1. The number of benzene rings is 1. The molecule has 21 heavy (non-hydrogen) atoms. The van der Waals surface area contributed by atoms with Crippen LogP contribution >= 0.6 is 0 Å². The van der Waals surface area contributed by atoms with Crippen molar-refractivity contribution < 1.29 is 22.9 Å². The monoisotopic (exact) mass is 316 g/mol. The standard InChI is InChI=1S/C12H16N2O6S/c1-9-5-6-10(11(8-9)14(16)17)13-21(18,19)7-3-4-12(15)20-2/h5-6,8,13H,3-4,7H2,1-2H3. The number of ether oxygens (including phenoxy) is 1. The summed E-state index contributed by atoms with van der Waals surface area (Å²) in [6.45, 7) is 1.67. The number of hydrogen-bond acceptors (Lipinski definition) is 6. The number of rotatable bonds is 7. The molecular formula is C12H16N2O6S. The summed E-state index contributed by atoms with van der Waals surface area (Å²) in [5.41, 5.74) is 0.241. The van der Waals surface area contributed by atoms with Crippen molar-refractivity contribution in [3.05, 3.63) is 33.9 Å². The van der Waals surface area contributed by atoms with E-state index in [2.05, 4.69) is 9.46 Å². The summed E-state index contributed by atoms with van der Waals surface area (Å²) in [6.07, 6.45) is 0.0368. The lowest BCUT2D eigenvalue weighted by Gasteiger charge is -2.08. The fourth-order valence-corrected chi connectivity index (χ4v) is 2.74. The molecule has 0 aromatic heterocycles. The Labute approximate surface area is 122 Å². The van der Waals surface area contributed by atoms with E-state index in [0.717, 1.165) is 0 Å². The molecule has 0 bridgehead atoms. The highest BCUT2D eigenvalue weighted by Gasteiger charge is 2.19. The van der Waals surface area contributed by atoms with Gasteiger partial charge in [-0.1, -0.05) is 6.07 Å². The van der Waals surface area contributed by atoms with Crippen LogP contribution in [0.25, 0.3) is 0 Å². The number of nitro benzene ring substituents is 1. The molecule has 0 amide bonds. The number of carbonyl (C=O) groups is 1. The van der Waals surface area contributed by atoms with Crippen molar-refractivity contribution in [2.75, 3.05) is 17.6 Å². The third kappa shape index (κ3) is 5.38. The van der Waals surface area contributed by atoms with Crippen molar-refractivity contribution in [3.63, 3.8) is 0 Å². The fraction of sp³-hybridized carbons (Fsp3) is 0.417. The van der Waals surface area contributed by atoms with Gasteiger partial charge in [-0.2, -0.15) is 0 Å². The van der Waals surface area contributed by atoms with E-state index in [1.165, 1.54) is 19.2 Å². The highest BCUT2D eigenvalue weighted by molar-refractivity contribution is 7.92. The summed E-state index contributed by atoms with van der Waals surface area (Å²) in [5.74, 6) is -0.834. The molecule has 0 aliphatic heterocycles. The number of esters is 1. The number of nitrogens with zero attached hydrogens (tertiary/aromatic N) is 1. The van der Waals surface area contributed by atoms with Gasteiger partial charge in [0.2, 0.25) is 10.0 Å². The number of carbonyl (C=O) groups excluding carboxylic acids is 1. The van der Waals surface area contributed by atoms with Crippen LogP contribution in [0.2, 0.25) is 0 Å². The van der Waals surface area contributed by atoms with Crippen LogP contribution in [0.5, 0.6) is 0 Å². The van der Waals surface area contributed by atoms with E-state index < -0.39 is 20.9 Å². The Morgan fingerprint density at radius 3 is 2.67 bits per heavy atom. The first-order valence-corrected chi connectivity index (χ1v) is 7.73. The Hall–Kier alpha value is -2.16. The Kier molecular flexibility index (Phi) is 5.65. The van der Waals surface area contributed by atoms with Crippen molar-refractivity contribution >= 4 is 27.4 Å². The van der Waals surface area contributed by atoms with E-state index in [9.17, 15) is 23.3 Å². The Balaban J connectivity index is 2.80. The SMILES string of the molecule is COC(=O)CCCS(=O)(=O)Nc1ccc(C)cc1[N+](=O)[O-]. The Morgan fingerprint density at radius 1 is 1.43 bits per heavy atom. The van der Waals surface area contributed by atoms with E-state index in [1.54, 1.807) is 13.0 Å². The largest absolute Gasteiger partial charge is 0.469 e. The predicted octanol–water partition coefficient (Wildman–Crippen LogP) is 1.60. The summed E-state index contributed by atoms with van der Waals surface area (Å²) in [5, 5.41) is 10.9. The van der Waals surface area contributed by atoms with E-state index >= 15 is 0 Å². The minimum atomic E-state index is -3.77. The summed E-state index contributed by atoms with van der Waals surface area (Å²) >= 11 is 0. The summed E-state index contributed by atoms with van der Waals surface area (Å²) in [6, 6.07) is 4.19. The molecule has 0 radical (unpaired) electrons. The average Bonchev–Trinajstić information content (AvgIpc) is 2.39. The number of methoxy groups -OCH3 is 1. The molecule has 1 rings (SSSR count). The van der Waals surface area contributed by atoms with Gasteiger partial charge in [-0.3, -0.25) is 19.6 Å². The molecule has 1 aromatic rings. The topological polar surface area (TPSA) is 116 Å². The van der Waals surface area contributed by atoms with E-state index in [-0.39, 0.29) is 30.0 Å². The van der Waals surface area contributed by atoms with Gasteiger partial charge in [0.05, 0.1) is 17.8 Å². The molecule has 0 aliphatic carbocycles. The second-order valence-corrected chi connectivity index (χ2v) is 6.22. The molecule has 0 atom stereocenters. The zero-order valence-corrected chi connectivity index (χ0v) is 12.5. The first kappa shape index (κ1) is 16.9. The van der Waals surface area contributed by atoms with Crippen LogP contribution < -0.4 is 4.72 Å². The number of aryl methyl sites for hydroxylation is 1. The highest BCUT2D eigenvalue weighted by atomic mass is 32.2. The zero-order chi connectivity index (χ0) is 16.0. The molecular weight excluding hydrogens is 300 g/mol. The lowest BCUT2D eigenvalue weighted by Crippen LogP contribution is -2.18. The maximum Gasteiger partial charge on any atom is 0.305 e. The molecule has 1 N–H and O–H groups in total. The number of nitrogens with one attached hydrogen (secondary N) is 1. The maximum absolute atomic E-state index is 11.8. The van der Waals surface area contributed by atoms with Crippen molar-refractivity contribution in [1.29, 1.82) is 0 Å². The van der Waals surface area contributed by atoms with Crippen molar-refractivity contribution in [2.24, 2.45) is 0 Å². The third-order valence-electron chi connectivity index (χ3n) is 2.64. The Morgan fingerprint density at radius 2 is 2.10 bits per heavy atom. The molecule has 9 heteroatoms. The summed E-state index contributed by atoms with van der Waals surface area (Å²) in [7, 11) is -2.56. The molecule has 0 aliphatic rings. The molecule has 0 unspecified atom stereocenters. The van der Waals surface area contributed by atoms with Crippen molar-refractivity contribution in [2.45, 2.75) is 19.8 Å². The minimum Gasteiger partial charge on any atom is -0.469 e. The van der Waals surface area contributed by atoms with Crippen LogP contribution in [0.15, 0.2) is 18.2 Å². The molecule has 1 aromatic carbocycles. The molecule has 0 fully saturated rings. The van der Waals surface area contributed by atoms with Gasteiger partial charge in [-0.05, 0) is 25.0 Å². The van der Waals surface area contributed by atoms with E-state index in [1.807, 2.05) is 0 Å². The Bertz CT molecular complexity index is 641. The van der Waals surface area contributed by atoms with Crippen LogP contribution in [0.3, 0.4) is 0 Å². The van der Waals surface area contributed by atoms with Crippen LogP contribution in [0.1, 0.15) is 18.4 Å². The summed E-state index contributed by atoms with van der Waals surface area (Å²) < 4.78 is 30.3. The van der Waals surface area contributed by atoms with Crippen LogP contribution in [-0.2, 0) is 19.6 Å². The minimum absolute atomic E-state index is 0.0343. The summed E-state index contributed by atoms with van der Waals surface area (Å²) in [4.78, 5) is 21.2. The first-order chi connectivity index (χ1) is 9.75. The van der Waals surface area contributed by atoms with Gasteiger partial charge in [0, 0.05) is 12.5 Å². The molecule has 0 saturated heterocycles. The molecule has 0 heterocycles. The molecule has 8 nitrogen and oxygen atoms in total. The van der Waals surface area contributed by atoms with E-state index in [0.29, 0.717) is 5.56 Å². The van der Waals surface area contributed by atoms with E-state index in [4.69, 9.17) is 0 Å². The van der Waals surface area contributed by atoms with Gasteiger partial charge >= 0.3 is 5.97 Å². The number of anilines is 1. The fourth-order valence-electron chi connectivity index (χ4n) is 1.61. The lowest BCUT2D eigenvalue weighted by atomic mass is 10.2. The average molecular weight is 316 g/mol. The lowest BCUT2D eigenvalue weighted by molar-refractivity contribution is -0.383. The van der Waals surface area contributed by atoms with Gasteiger partial charge in [0.1, 0.15) is 5.69 Å². The number of hydrogen-bond donors (Lipinski definition) is 1. The van der Waals surface area contributed by atoms with Crippen molar-refractivity contribution in [1.82, 2.24) is 0 Å². The van der Waals surface area contributed by atoms with Gasteiger partial charge in [-0.25, -0.2) is 8.42 Å².